The molecule has 0 fully saturated rings. The molecule has 19 heteroatoms. The van der Waals surface area contributed by atoms with Gasteiger partial charge in [-0.1, -0.05) is 330 Å². The van der Waals surface area contributed by atoms with E-state index in [1.54, 1.807) is 0 Å². The summed E-state index contributed by atoms with van der Waals surface area (Å²) in [5, 5.41) is 10.6. The largest absolute Gasteiger partial charge is 0.472 e. The van der Waals surface area contributed by atoms with Gasteiger partial charge in [-0.2, -0.15) is 0 Å². The lowest BCUT2D eigenvalue weighted by Crippen LogP contribution is -2.30. The van der Waals surface area contributed by atoms with Crippen molar-refractivity contribution in [1.29, 1.82) is 0 Å². The van der Waals surface area contributed by atoms with Gasteiger partial charge in [-0.05, 0) is 37.5 Å². The molecular formula is C74H144O17P2. The minimum atomic E-state index is -4.95. The monoisotopic (exact) mass is 1370 g/mol. The molecule has 0 aliphatic rings. The first-order chi connectivity index (χ1) is 44.9. The van der Waals surface area contributed by atoms with Gasteiger partial charge in [-0.15, -0.1) is 0 Å². The van der Waals surface area contributed by atoms with E-state index in [0.717, 1.165) is 108 Å². The Hall–Kier alpha value is -1.94. The van der Waals surface area contributed by atoms with Crippen LogP contribution in [0.25, 0.3) is 0 Å². The summed E-state index contributed by atoms with van der Waals surface area (Å²) in [6, 6.07) is 0. The standard InChI is InChI=1S/C74H144O17P2/c1-7-10-12-14-16-18-33-40-46-52-58-73(78)90-69(62-84-71(76)56-50-44-38-17-15-13-11-8-2)64-88-92(80,81)86-60-68(75)61-87-93(82,83)89-65-70(63-85-72(77)57-51-45-39-34-30-29-32-37-43-49-55-67(6)9-3)91-74(79)59-53-47-41-35-28-26-24-22-20-19-21-23-25-27-31-36-42-48-54-66(4)5/h66-70,75H,7-65H2,1-6H3,(H,80,81)(H,82,83)/t67?,68-,69+,70+/m0/s1. The summed E-state index contributed by atoms with van der Waals surface area (Å²) < 4.78 is 68.3. The van der Waals surface area contributed by atoms with Crippen LogP contribution >= 0.6 is 15.6 Å². The number of esters is 4. The lowest BCUT2D eigenvalue weighted by Gasteiger charge is -2.21. The van der Waals surface area contributed by atoms with Crippen LogP contribution in [-0.4, -0.2) is 96.7 Å². The van der Waals surface area contributed by atoms with Crippen molar-refractivity contribution in [1.82, 2.24) is 0 Å². The lowest BCUT2D eigenvalue weighted by atomic mass is 9.99. The second-order valence-corrected chi connectivity index (χ2v) is 30.3. The highest BCUT2D eigenvalue weighted by Crippen LogP contribution is 2.45. The number of phosphoric ester groups is 2. The predicted molar refractivity (Wildman–Crippen MR) is 377 cm³/mol. The summed E-state index contributed by atoms with van der Waals surface area (Å²) >= 11 is 0. The fraction of sp³-hybridized carbons (Fsp3) is 0.946. The SMILES string of the molecule is CCCCCCCCCCCCC(=O)O[C@H](COC(=O)CCCCCCCCCC)COP(=O)(O)OC[C@H](O)COP(=O)(O)OC[C@@H](COC(=O)CCCCCCCCCCCCC(C)CC)OC(=O)CCCCCCCCCCCCCCCCCCCCC(C)C. The third-order valence-electron chi connectivity index (χ3n) is 17.6. The van der Waals surface area contributed by atoms with Gasteiger partial charge in [0.15, 0.2) is 12.2 Å². The van der Waals surface area contributed by atoms with Crippen molar-refractivity contribution >= 4 is 39.5 Å². The van der Waals surface area contributed by atoms with E-state index in [1.807, 2.05) is 0 Å². The van der Waals surface area contributed by atoms with Crippen LogP contribution < -0.4 is 0 Å². The van der Waals surface area contributed by atoms with E-state index in [9.17, 15) is 43.2 Å². The van der Waals surface area contributed by atoms with Crippen molar-refractivity contribution < 1.29 is 80.2 Å². The van der Waals surface area contributed by atoms with Crippen LogP contribution in [0.5, 0.6) is 0 Å². The molecule has 552 valence electrons. The number of carbonyl (C=O) groups is 4. The Morgan fingerprint density at radius 2 is 0.548 bits per heavy atom. The highest BCUT2D eigenvalue weighted by Gasteiger charge is 2.30. The molecular weight excluding hydrogens is 1220 g/mol. The fourth-order valence-electron chi connectivity index (χ4n) is 11.3. The van der Waals surface area contributed by atoms with Gasteiger partial charge < -0.3 is 33.8 Å². The maximum Gasteiger partial charge on any atom is 0.472 e. The number of phosphoric acid groups is 2. The summed E-state index contributed by atoms with van der Waals surface area (Å²) in [5.74, 6) is -0.492. The molecule has 0 bridgehead atoms. The van der Waals surface area contributed by atoms with Crippen LogP contribution in [0.4, 0.5) is 0 Å². The smallest absolute Gasteiger partial charge is 0.462 e. The summed E-state index contributed by atoms with van der Waals surface area (Å²) in [6.45, 7) is 9.61. The summed E-state index contributed by atoms with van der Waals surface area (Å²) in [4.78, 5) is 72.6. The van der Waals surface area contributed by atoms with Gasteiger partial charge in [0, 0.05) is 25.7 Å². The molecule has 3 N–H and O–H groups in total. The van der Waals surface area contributed by atoms with E-state index in [-0.39, 0.29) is 25.7 Å². The van der Waals surface area contributed by atoms with Crippen molar-refractivity contribution in [3.05, 3.63) is 0 Å². The Balaban J connectivity index is 5.17. The second kappa shape index (κ2) is 66.0. The van der Waals surface area contributed by atoms with Crippen molar-refractivity contribution in [2.45, 2.75) is 400 Å². The molecule has 0 saturated carbocycles. The summed E-state index contributed by atoms with van der Waals surface area (Å²) in [6.07, 6.45) is 52.8. The molecule has 0 aromatic heterocycles. The van der Waals surface area contributed by atoms with Gasteiger partial charge >= 0.3 is 39.5 Å². The van der Waals surface area contributed by atoms with Crippen molar-refractivity contribution in [2.75, 3.05) is 39.6 Å². The van der Waals surface area contributed by atoms with E-state index in [0.29, 0.717) is 25.7 Å². The van der Waals surface area contributed by atoms with Gasteiger partial charge in [0.05, 0.1) is 26.4 Å². The maximum absolute atomic E-state index is 13.1. The van der Waals surface area contributed by atoms with Crippen LogP contribution in [0.15, 0.2) is 0 Å². The number of hydrogen-bond acceptors (Lipinski definition) is 15. The van der Waals surface area contributed by atoms with Crippen LogP contribution in [0.2, 0.25) is 0 Å². The number of aliphatic hydroxyl groups is 1. The predicted octanol–water partition coefficient (Wildman–Crippen LogP) is 21.6. The minimum absolute atomic E-state index is 0.106. The molecule has 0 spiro atoms. The van der Waals surface area contributed by atoms with Crippen molar-refractivity contribution in [2.24, 2.45) is 11.8 Å². The molecule has 0 saturated heterocycles. The zero-order valence-corrected chi connectivity index (χ0v) is 62.3. The lowest BCUT2D eigenvalue weighted by molar-refractivity contribution is -0.161. The van der Waals surface area contributed by atoms with E-state index < -0.39 is 97.5 Å². The topological polar surface area (TPSA) is 237 Å². The molecule has 0 aliphatic carbocycles. The van der Waals surface area contributed by atoms with Crippen LogP contribution in [0.3, 0.4) is 0 Å². The van der Waals surface area contributed by atoms with E-state index in [1.165, 1.54) is 193 Å². The normalized spacial score (nSPS) is 14.3. The Morgan fingerprint density at radius 3 is 0.817 bits per heavy atom. The molecule has 0 radical (unpaired) electrons. The zero-order chi connectivity index (χ0) is 68.6. The molecule has 6 atom stereocenters. The van der Waals surface area contributed by atoms with E-state index in [2.05, 4.69) is 41.5 Å². The molecule has 0 aliphatic heterocycles. The number of aliphatic hydroxyl groups excluding tert-OH is 1. The Labute approximate surface area is 568 Å². The Morgan fingerprint density at radius 1 is 0.312 bits per heavy atom. The quantitative estimate of drug-likeness (QED) is 0.0222. The number of hydrogen-bond donors (Lipinski definition) is 3. The molecule has 93 heavy (non-hydrogen) atoms. The summed E-state index contributed by atoms with van der Waals surface area (Å²) in [5.41, 5.74) is 0. The highest BCUT2D eigenvalue weighted by molar-refractivity contribution is 7.47. The van der Waals surface area contributed by atoms with E-state index >= 15 is 0 Å². The number of carbonyl (C=O) groups excluding carboxylic acids is 4. The minimum Gasteiger partial charge on any atom is -0.462 e. The molecule has 0 aromatic carbocycles. The first kappa shape index (κ1) is 91.1. The molecule has 0 rings (SSSR count). The third-order valence-corrected chi connectivity index (χ3v) is 19.5. The molecule has 0 aromatic rings. The Bertz CT molecular complexity index is 1810. The Kier molecular flexibility index (Phi) is 64.6. The molecule has 3 unspecified atom stereocenters. The molecule has 0 heterocycles. The fourth-order valence-corrected chi connectivity index (χ4v) is 12.8. The van der Waals surface area contributed by atoms with Crippen molar-refractivity contribution in [3.63, 3.8) is 0 Å². The highest BCUT2D eigenvalue weighted by atomic mass is 31.2. The average Bonchev–Trinajstić information content (AvgIpc) is 2.69. The maximum atomic E-state index is 13.1. The van der Waals surface area contributed by atoms with Crippen LogP contribution in [-0.2, 0) is 65.4 Å². The van der Waals surface area contributed by atoms with Gasteiger partial charge in [0.1, 0.15) is 19.3 Å². The van der Waals surface area contributed by atoms with E-state index in [4.69, 9.17) is 37.0 Å². The average molecular weight is 1370 g/mol. The third kappa shape index (κ3) is 67.0. The number of rotatable bonds is 73. The number of ether oxygens (including phenoxy) is 4. The van der Waals surface area contributed by atoms with Crippen LogP contribution in [0.1, 0.15) is 382 Å². The zero-order valence-electron chi connectivity index (χ0n) is 60.6. The first-order valence-corrected chi connectivity index (χ1v) is 41.5. The van der Waals surface area contributed by atoms with Gasteiger partial charge in [-0.25, -0.2) is 9.13 Å². The van der Waals surface area contributed by atoms with Crippen LogP contribution in [0, 0.1) is 11.8 Å². The van der Waals surface area contributed by atoms with Gasteiger partial charge in [0.2, 0.25) is 0 Å². The summed E-state index contributed by atoms with van der Waals surface area (Å²) in [7, 11) is -9.90. The molecule has 17 nitrogen and oxygen atoms in total. The number of unbranched alkanes of at least 4 members (excludes halogenated alkanes) is 42. The van der Waals surface area contributed by atoms with Gasteiger partial charge in [0.25, 0.3) is 0 Å². The second-order valence-electron chi connectivity index (χ2n) is 27.4. The first-order valence-electron chi connectivity index (χ1n) is 38.5. The molecule has 0 amide bonds. The van der Waals surface area contributed by atoms with Gasteiger partial charge in [-0.3, -0.25) is 37.3 Å². The van der Waals surface area contributed by atoms with Crippen molar-refractivity contribution in [3.8, 4) is 0 Å².